The fraction of sp³-hybridized carbons (Fsp3) is 0.296. The molecular weight excluding hydrogens is 506 g/mol. The number of nitrogens with zero attached hydrogens (tertiary/aromatic N) is 3. The summed E-state index contributed by atoms with van der Waals surface area (Å²) in [7, 11) is 0. The third-order valence-electron chi connectivity index (χ3n) is 6.55. The van der Waals surface area contributed by atoms with Crippen LogP contribution in [0.4, 0.5) is 5.82 Å². The van der Waals surface area contributed by atoms with Crippen molar-refractivity contribution in [1.29, 1.82) is 0 Å². The molecule has 35 heavy (non-hydrogen) atoms. The van der Waals surface area contributed by atoms with E-state index in [1.54, 1.807) is 22.8 Å². The van der Waals surface area contributed by atoms with Gasteiger partial charge in [0.1, 0.15) is 11.6 Å². The number of rotatable bonds is 7. The van der Waals surface area contributed by atoms with Gasteiger partial charge >= 0.3 is 0 Å². The molecule has 1 amide bonds. The van der Waals surface area contributed by atoms with Gasteiger partial charge in [-0.25, -0.2) is 4.98 Å². The van der Waals surface area contributed by atoms with Crippen molar-refractivity contribution in [2.75, 3.05) is 5.32 Å². The molecule has 0 radical (unpaired) electrons. The summed E-state index contributed by atoms with van der Waals surface area (Å²) in [6.07, 6.45) is 7.30. The SMILES string of the molecule is O=C(NCc1ccc(CNc2cc(-c3ccccc3O)nc3c(Br)cnn23)cc1)C1CCCCC1. The highest BCUT2D eigenvalue weighted by Crippen LogP contribution is 2.31. The van der Waals surface area contributed by atoms with Crippen molar-refractivity contribution in [1.82, 2.24) is 19.9 Å². The summed E-state index contributed by atoms with van der Waals surface area (Å²) >= 11 is 3.51. The Hall–Kier alpha value is -3.39. The highest BCUT2D eigenvalue weighted by molar-refractivity contribution is 9.10. The van der Waals surface area contributed by atoms with Gasteiger partial charge in [0.15, 0.2) is 5.65 Å². The van der Waals surface area contributed by atoms with Gasteiger partial charge in [0.25, 0.3) is 0 Å². The lowest BCUT2D eigenvalue weighted by Gasteiger charge is -2.20. The number of para-hydroxylation sites is 1. The Labute approximate surface area is 212 Å². The van der Waals surface area contributed by atoms with E-state index >= 15 is 0 Å². The molecule has 3 N–H and O–H groups in total. The van der Waals surface area contributed by atoms with Crippen molar-refractivity contribution in [3.05, 3.63) is 76.4 Å². The molecule has 4 aromatic rings. The highest BCUT2D eigenvalue weighted by Gasteiger charge is 2.20. The molecule has 1 fully saturated rings. The Bertz CT molecular complexity index is 1330. The first-order valence-corrected chi connectivity index (χ1v) is 12.8. The number of hydrogen-bond acceptors (Lipinski definition) is 5. The number of nitrogens with one attached hydrogen (secondary N) is 2. The first kappa shape index (κ1) is 23.4. The molecule has 7 nitrogen and oxygen atoms in total. The van der Waals surface area contributed by atoms with Crippen molar-refractivity contribution in [2.24, 2.45) is 5.92 Å². The van der Waals surface area contributed by atoms with Crippen LogP contribution in [0.3, 0.4) is 0 Å². The third kappa shape index (κ3) is 5.32. The van der Waals surface area contributed by atoms with Crippen LogP contribution in [0.2, 0.25) is 0 Å². The zero-order chi connectivity index (χ0) is 24.2. The van der Waals surface area contributed by atoms with E-state index in [0.717, 1.165) is 47.1 Å². The van der Waals surface area contributed by atoms with Crippen LogP contribution in [0, 0.1) is 5.92 Å². The molecule has 1 aliphatic rings. The maximum absolute atomic E-state index is 12.4. The molecule has 2 aromatic heterocycles. The number of hydrogen-bond donors (Lipinski definition) is 3. The number of aromatic nitrogens is 3. The molecule has 180 valence electrons. The van der Waals surface area contributed by atoms with Crippen molar-refractivity contribution in [2.45, 2.75) is 45.2 Å². The molecule has 0 bridgehead atoms. The van der Waals surface area contributed by atoms with Gasteiger partial charge in [-0.05, 0) is 52.0 Å². The summed E-state index contributed by atoms with van der Waals surface area (Å²) in [6, 6.07) is 17.3. The summed E-state index contributed by atoms with van der Waals surface area (Å²) in [5, 5.41) is 21.3. The van der Waals surface area contributed by atoms with Gasteiger partial charge in [-0.3, -0.25) is 4.79 Å². The van der Waals surface area contributed by atoms with Gasteiger partial charge in [0.05, 0.1) is 16.4 Å². The number of phenolic OH excluding ortho intramolecular Hbond substituents is 1. The fourth-order valence-electron chi connectivity index (χ4n) is 4.56. The summed E-state index contributed by atoms with van der Waals surface area (Å²) in [5.74, 6) is 1.30. The summed E-state index contributed by atoms with van der Waals surface area (Å²) in [4.78, 5) is 17.1. The van der Waals surface area contributed by atoms with Crippen LogP contribution in [-0.2, 0) is 17.9 Å². The van der Waals surface area contributed by atoms with E-state index in [1.807, 2.05) is 18.2 Å². The summed E-state index contributed by atoms with van der Waals surface area (Å²) in [5.41, 5.74) is 4.17. The Morgan fingerprint density at radius 2 is 1.74 bits per heavy atom. The van der Waals surface area contributed by atoms with E-state index in [2.05, 4.69) is 60.9 Å². The zero-order valence-electron chi connectivity index (χ0n) is 19.4. The first-order valence-electron chi connectivity index (χ1n) is 12.0. The Morgan fingerprint density at radius 3 is 2.49 bits per heavy atom. The highest BCUT2D eigenvalue weighted by atomic mass is 79.9. The average molecular weight is 534 g/mol. The lowest BCUT2D eigenvalue weighted by Crippen LogP contribution is -2.31. The average Bonchev–Trinajstić information content (AvgIpc) is 3.28. The van der Waals surface area contributed by atoms with Crippen LogP contribution >= 0.6 is 15.9 Å². The van der Waals surface area contributed by atoms with Crippen LogP contribution in [0.15, 0.2) is 65.3 Å². The maximum atomic E-state index is 12.4. The molecule has 8 heteroatoms. The maximum Gasteiger partial charge on any atom is 0.223 e. The van der Waals surface area contributed by atoms with E-state index in [0.29, 0.717) is 30.0 Å². The second-order valence-corrected chi connectivity index (χ2v) is 9.85. The minimum atomic E-state index is 0.175. The molecule has 0 saturated heterocycles. The molecule has 0 unspecified atom stereocenters. The normalized spacial score (nSPS) is 14.2. The number of carbonyl (C=O) groups excluding carboxylic acids is 1. The van der Waals surface area contributed by atoms with E-state index in [9.17, 15) is 9.90 Å². The van der Waals surface area contributed by atoms with E-state index in [1.165, 1.54) is 6.42 Å². The molecule has 2 heterocycles. The summed E-state index contributed by atoms with van der Waals surface area (Å²) in [6.45, 7) is 1.14. The van der Waals surface area contributed by atoms with Crippen LogP contribution in [0.5, 0.6) is 5.75 Å². The minimum absolute atomic E-state index is 0.175. The van der Waals surface area contributed by atoms with Crippen LogP contribution in [0.25, 0.3) is 16.9 Å². The minimum Gasteiger partial charge on any atom is -0.507 e. The number of anilines is 1. The van der Waals surface area contributed by atoms with Crippen LogP contribution in [0.1, 0.15) is 43.2 Å². The van der Waals surface area contributed by atoms with Crippen molar-refractivity contribution in [3.63, 3.8) is 0 Å². The monoisotopic (exact) mass is 533 g/mol. The van der Waals surface area contributed by atoms with Gasteiger partial charge in [0, 0.05) is 30.6 Å². The van der Waals surface area contributed by atoms with Gasteiger partial charge in [0.2, 0.25) is 5.91 Å². The van der Waals surface area contributed by atoms with Crippen molar-refractivity contribution >= 4 is 33.3 Å². The predicted molar refractivity (Wildman–Crippen MR) is 140 cm³/mol. The number of phenols is 1. The topological polar surface area (TPSA) is 91.5 Å². The number of carbonyl (C=O) groups is 1. The van der Waals surface area contributed by atoms with E-state index in [-0.39, 0.29) is 17.6 Å². The lowest BCUT2D eigenvalue weighted by molar-refractivity contribution is -0.126. The van der Waals surface area contributed by atoms with Gasteiger partial charge < -0.3 is 15.7 Å². The number of benzene rings is 2. The number of halogens is 1. The second kappa shape index (κ2) is 10.5. The standard InChI is InChI=1S/C27H28BrN5O2/c28-22-17-31-33-25(14-23(32-26(22)33)21-8-4-5-9-24(21)34)29-15-18-10-12-19(13-11-18)16-30-27(35)20-6-2-1-3-7-20/h4-5,8-14,17,20,29,34H,1-3,6-7,15-16H2,(H,30,35). The summed E-state index contributed by atoms with van der Waals surface area (Å²) < 4.78 is 2.51. The Morgan fingerprint density at radius 1 is 1.03 bits per heavy atom. The number of amides is 1. The predicted octanol–water partition coefficient (Wildman–Crippen LogP) is 5.67. The zero-order valence-corrected chi connectivity index (χ0v) is 21.0. The second-order valence-electron chi connectivity index (χ2n) is 8.99. The van der Waals surface area contributed by atoms with Crippen LogP contribution < -0.4 is 10.6 Å². The smallest absolute Gasteiger partial charge is 0.223 e. The van der Waals surface area contributed by atoms with E-state index in [4.69, 9.17) is 0 Å². The Balaban J connectivity index is 1.27. The molecule has 0 spiro atoms. The number of aromatic hydroxyl groups is 1. The molecule has 0 aliphatic heterocycles. The lowest BCUT2D eigenvalue weighted by atomic mass is 9.88. The number of fused-ring (bicyclic) bond motifs is 1. The molecule has 5 rings (SSSR count). The molecular formula is C27H28BrN5O2. The van der Waals surface area contributed by atoms with Gasteiger partial charge in [-0.15, -0.1) is 0 Å². The Kier molecular flexibility index (Phi) is 6.99. The largest absolute Gasteiger partial charge is 0.507 e. The molecule has 1 saturated carbocycles. The molecule has 0 atom stereocenters. The van der Waals surface area contributed by atoms with Crippen molar-refractivity contribution in [3.8, 4) is 17.0 Å². The first-order chi connectivity index (χ1) is 17.1. The van der Waals surface area contributed by atoms with Crippen LogP contribution in [-0.4, -0.2) is 25.6 Å². The van der Waals surface area contributed by atoms with Gasteiger partial charge in [-0.2, -0.15) is 9.61 Å². The van der Waals surface area contributed by atoms with Gasteiger partial charge in [-0.1, -0.05) is 55.7 Å². The fourth-order valence-corrected chi connectivity index (χ4v) is 4.90. The molecule has 1 aliphatic carbocycles. The van der Waals surface area contributed by atoms with Crippen molar-refractivity contribution < 1.29 is 9.90 Å². The molecule has 2 aromatic carbocycles. The van der Waals surface area contributed by atoms with E-state index < -0.39 is 0 Å². The quantitative estimate of drug-likeness (QED) is 0.284. The third-order valence-corrected chi connectivity index (χ3v) is 7.11.